The Morgan fingerprint density at radius 1 is 1.08 bits per heavy atom. The average molecular weight is 529 g/mol. The van der Waals surface area contributed by atoms with E-state index in [1.807, 2.05) is 29.2 Å². The fourth-order valence-corrected chi connectivity index (χ4v) is 5.13. The van der Waals surface area contributed by atoms with Crippen LogP contribution in [-0.2, 0) is 17.6 Å². The van der Waals surface area contributed by atoms with Crippen LogP contribution in [0.1, 0.15) is 38.3 Å². The lowest BCUT2D eigenvalue weighted by Crippen LogP contribution is -2.42. The van der Waals surface area contributed by atoms with Gasteiger partial charge in [0.2, 0.25) is 5.91 Å². The summed E-state index contributed by atoms with van der Waals surface area (Å²) in [6.07, 6.45) is 2.08. The molecule has 9 heteroatoms. The first-order valence-corrected chi connectivity index (χ1v) is 13.6. The third kappa shape index (κ3) is 9.18. The van der Waals surface area contributed by atoms with Crippen molar-refractivity contribution in [3.05, 3.63) is 57.2 Å². The highest BCUT2D eigenvalue weighted by Gasteiger charge is 2.20. The fraction of sp³-hybridized carbons (Fsp3) is 0.500. The van der Waals surface area contributed by atoms with E-state index in [4.69, 9.17) is 4.74 Å². The van der Waals surface area contributed by atoms with Crippen molar-refractivity contribution in [1.29, 1.82) is 0 Å². The van der Waals surface area contributed by atoms with Crippen molar-refractivity contribution in [3.63, 3.8) is 0 Å². The Hall–Kier alpha value is -2.88. The number of methoxy groups -OCH3 is 1. The van der Waals surface area contributed by atoms with Gasteiger partial charge in [0.25, 0.3) is 0 Å². The highest BCUT2D eigenvalue weighted by molar-refractivity contribution is 7.16. The Kier molecular flexibility index (Phi) is 10.5. The number of phenolic OH excluding ortho intramolecular Hbond substituents is 1. The highest BCUT2D eigenvalue weighted by atomic mass is 32.1. The fourth-order valence-electron chi connectivity index (χ4n) is 4.24. The number of aromatic nitrogens is 1. The van der Waals surface area contributed by atoms with Crippen LogP contribution in [0.5, 0.6) is 11.5 Å². The van der Waals surface area contributed by atoms with E-state index in [2.05, 4.69) is 42.5 Å². The summed E-state index contributed by atoms with van der Waals surface area (Å²) in [6, 6.07) is 11.5. The second kappa shape index (κ2) is 13.6. The van der Waals surface area contributed by atoms with Gasteiger partial charge in [-0.2, -0.15) is 0 Å². The van der Waals surface area contributed by atoms with Gasteiger partial charge >= 0.3 is 4.87 Å². The summed E-state index contributed by atoms with van der Waals surface area (Å²) >= 11 is 1.12. The van der Waals surface area contributed by atoms with Crippen LogP contribution in [0.25, 0.3) is 10.2 Å². The zero-order chi connectivity index (χ0) is 26.8. The van der Waals surface area contributed by atoms with E-state index in [0.29, 0.717) is 38.1 Å². The molecule has 1 aromatic heterocycles. The Labute approximate surface area is 223 Å². The molecule has 0 radical (unpaired) electrons. The molecular weight excluding hydrogens is 488 g/mol. The lowest BCUT2D eigenvalue weighted by molar-refractivity contribution is -0.132. The van der Waals surface area contributed by atoms with Crippen LogP contribution in [-0.4, -0.2) is 67.3 Å². The summed E-state index contributed by atoms with van der Waals surface area (Å²) in [7, 11) is 1.67. The van der Waals surface area contributed by atoms with Gasteiger partial charge in [-0.25, -0.2) is 0 Å². The van der Waals surface area contributed by atoms with E-state index >= 15 is 0 Å². The summed E-state index contributed by atoms with van der Waals surface area (Å²) in [5, 5.41) is 16.8. The third-order valence-corrected chi connectivity index (χ3v) is 6.98. The number of aromatic hydroxyl groups is 1. The maximum Gasteiger partial charge on any atom is 0.305 e. The number of amides is 1. The molecule has 0 fully saturated rings. The standard InChI is InChI=1S/C28H40N4O4S/c1-28(2,3)19-32(24(34)12-15-29-13-10-20-6-5-7-22(18-20)36-4)17-16-30-14-11-21-8-9-23(33)25-26(21)37-27(35)31-25/h5-9,18,29-30,33H,10-17,19H2,1-4H3,(H,31,35). The molecule has 0 atom stereocenters. The summed E-state index contributed by atoms with van der Waals surface area (Å²) < 4.78 is 6.08. The van der Waals surface area contributed by atoms with Crippen LogP contribution in [0, 0.1) is 5.41 Å². The molecule has 2 aromatic carbocycles. The molecule has 0 bridgehead atoms. The SMILES string of the molecule is COc1cccc(CCNCCC(=O)N(CCNCCc2ccc(O)c3[nH]c(=O)sc23)CC(C)(C)C)c1. The lowest BCUT2D eigenvalue weighted by Gasteiger charge is -2.30. The molecule has 0 aliphatic heterocycles. The van der Waals surface area contributed by atoms with E-state index in [1.54, 1.807) is 13.2 Å². The highest BCUT2D eigenvalue weighted by Crippen LogP contribution is 2.27. The van der Waals surface area contributed by atoms with Crippen LogP contribution in [0.2, 0.25) is 0 Å². The van der Waals surface area contributed by atoms with Gasteiger partial charge in [-0.1, -0.05) is 50.3 Å². The summed E-state index contributed by atoms with van der Waals surface area (Å²) in [5.74, 6) is 1.11. The number of nitrogens with zero attached hydrogens (tertiary/aromatic N) is 1. The topological polar surface area (TPSA) is 107 Å². The van der Waals surface area contributed by atoms with Gasteiger partial charge in [0, 0.05) is 32.6 Å². The van der Waals surface area contributed by atoms with Crippen LogP contribution in [0.4, 0.5) is 0 Å². The van der Waals surface area contributed by atoms with Crippen LogP contribution in [0.15, 0.2) is 41.2 Å². The molecule has 0 spiro atoms. The molecule has 3 aromatic rings. The van der Waals surface area contributed by atoms with Gasteiger partial charge in [0.1, 0.15) is 17.0 Å². The summed E-state index contributed by atoms with van der Waals surface area (Å²) in [4.78, 5) is 29.2. The minimum atomic E-state index is -0.170. The first kappa shape index (κ1) is 28.7. The van der Waals surface area contributed by atoms with E-state index in [9.17, 15) is 14.7 Å². The number of aromatic amines is 1. The number of nitrogens with one attached hydrogen (secondary N) is 3. The van der Waals surface area contributed by atoms with Crippen molar-refractivity contribution in [1.82, 2.24) is 20.5 Å². The van der Waals surface area contributed by atoms with Crippen molar-refractivity contribution >= 4 is 27.5 Å². The number of H-pyrrole nitrogens is 1. The predicted molar refractivity (Wildman–Crippen MR) is 151 cm³/mol. The average Bonchev–Trinajstić information content (AvgIpc) is 3.26. The predicted octanol–water partition coefficient (Wildman–Crippen LogP) is 3.53. The van der Waals surface area contributed by atoms with E-state index in [0.717, 1.165) is 53.3 Å². The minimum absolute atomic E-state index is 0.0127. The Morgan fingerprint density at radius 2 is 1.84 bits per heavy atom. The molecule has 0 saturated heterocycles. The second-order valence-electron chi connectivity index (χ2n) is 10.4. The van der Waals surface area contributed by atoms with Crippen LogP contribution in [0.3, 0.4) is 0 Å². The van der Waals surface area contributed by atoms with Gasteiger partial charge in [-0.15, -0.1) is 0 Å². The van der Waals surface area contributed by atoms with Crippen molar-refractivity contribution in [3.8, 4) is 11.5 Å². The molecule has 0 unspecified atom stereocenters. The molecule has 0 saturated carbocycles. The van der Waals surface area contributed by atoms with Crippen molar-refractivity contribution in [2.24, 2.45) is 5.41 Å². The quantitative estimate of drug-likeness (QED) is 0.239. The van der Waals surface area contributed by atoms with E-state index < -0.39 is 0 Å². The molecule has 0 aliphatic rings. The number of carbonyl (C=O) groups excluding carboxylic acids is 1. The molecule has 3 rings (SSSR count). The number of hydrogen-bond acceptors (Lipinski definition) is 7. The molecule has 8 nitrogen and oxygen atoms in total. The maximum atomic E-state index is 13.0. The summed E-state index contributed by atoms with van der Waals surface area (Å²) in [6.45, 7) is 10.6. The zero-order valence-electron chi connectivity index (χ0n) is 22.4. The van der Waals surface area contributed by atoms with Crippen molar-refractivity contribution in [2.75, 3.05) is 46.4 Å². The van der Waals surface area contributed by atoms with Gasteiger partial charge in [0.15, 0.2) is 0 Å². The normalized spacial score (nSPS) is 11.7. The number of fused-ring (bicyclic) bond motifs is 1. The molecule has 202 valence electrons. The largest absolute Gasteiger partial charge is 0.506 e. The van der Waals surface area contributed by atoms with E-state index in [1.165, 1.54) is 5.56 Å². The number of benzene rings is 2. The Morgan fingerprint density at radius 3 is 2.59 bits per heavy atom. The molecular formula is C28H40N4O4S. The molecule has 1 heterocycles. The second-order valence-corrected chi connectivity index (χ2v) is 11.4. The first-order valence-electron chi connectivity index (χ1n) is 12.8. The lowest BCUT2D eigenvalue weighted by atomic mass is 9.96. The van der Waals surface area contributed by atoms with Gasteiger partial charge < -0.3 is 30.4 Å². The van der Waals surface area contributed by atoms with Crippen molar-refractivity contribution in [2.45, 2.75) is 40.0 Å². The summed E-state index contributed by atoms with van der Waals surface area (Å²) in [5.41, 5.74) is 2.74. The van der Waals surface area contributed by atoms with Crippen LogP contribution >= 0.6 is 11.3 Å². The number of thiazole rings is 1. The van der Waals surface area contributed by atoms with E-state index in [-0.39, 0.29) is 21.9 Å². The Balaban J connectivity index is 1.41. The number of ether oxygens (including phenoxy) is 1. The molecule has 37 heavy (non-hydrogen) atoms. The first-order chi connectivity index (χ1) is 17.7. The Bertz CT molecular complexity index is 1210. The number of rotatable bonds is 14. The zero-order valence-corrected chi connectivity index (χ0v) is 23.2. The van der Waals surface area contributed by atoms with Crippen molar-refractivity contribution < 1.29 is 14.6 Å². The monoisotopic (exact) mass is 528 g/mol. The van der Waals surface area contributed by atoms with Gasteiger partial charge in [-0.05, 0) is 60.7 Å². The number of carbonyl (C=O) groups is 1. The number of phenols is 1. The molecule has 4 N–H and O–H groups in total. The van der Waals surface area contributed by atoms with Gasteiger partial charge in [0.05, 0.1) is 11.8 Å². The third-order valence-electron chi connectivity index (χ3n) is 6.03. The minimum Gasteiger partial charge on any atom is -0.506 e. The van der Waals surface area contributed by atoms with Crippen LogP contribution < -0.4 is 20.2 Å². The number of hydrogen-bond donors (Lipinski definition) is 4. The smallest absolute Gasteiger partial charge is 0.305 e. The molecule has 0 aliphatic carbocycles. The maximum absolute atomic E-state index is 13.0. The van der Waals surface area contributed by atoms with Gasteiger partial charge in [-0.3, -0.25) is 9.59 Å². The molecule has 1 amide bonds.